The maximum atomic E-state index is 12.0. The Balaban J connectivity index is 1.99. The molecule has 100 valence electrons. The van der Waals surface area contributed by atoms with Crippen LogP contribution in [0.5, 0.6) is 5.75 Å². The maximum Gasteiger partial charge on any atom is 0.392 e. The molecule has 5 heteroatoms. The lowest BCUT2D eigenvalue weighted by Crippen LogP contribution is -2.13. The van der Waals surface area contributed by atoms with Gasteiger partial charge in [-0.3, -0.25) is 0 Å². The molecule has 0 aliphatic heterocycles. The first kappa shape index (κ1) is 13.2. The molecule has 1 aliphatic rings. The van der Waals surface area contributed by atoms with Gasteiger partial charge in [-0.2, -0.15) is 13.2 Å². The van der Waals surface area contributed by atoms with Crippen molar-refractivity contribution in [2.24, 2.45) is 0 Å². The number of aliphatic hydroxyl groups is 1. The summed E-state index contributed by atoms with van der Waals surface area (Å²) in [4.78, 5) is 0. The van der Waals surface area contributed by atoms with Crippen LogP contribution in [0.15, 0.2) is 18.2 Å². The zero-order valence-electron chi connectivity index (χ0n) is 9.83. The molecule has 0 spiro atoms. The molecule has 1 aliphatic carbocycles. The van der Waals surface area contributed by atoms with Crippen molar-refractivity contribution in [2.75, 3.05) is 6.61 Å². The van der Waals surface area contributed by atoms with Crippen molar-refractivity contribution in [1.82, 2.24) is 0 Å². The molecule has 0 radical (unpaired) electrons. The van der Waals surface area contributed by atoms with E-state index >= 15 is 0 Å². The number of benzene rings is 1. The topological polar surface area (TPSA) is 29.5 Å². The highest BCUT2D eigenvalue weighted by atomic mass is 19.4. The largest absolute Gasteiger partial charge is 0.493 e. The fourth-order valence-corrected chi connectivity index (χ4v) is 2.14. The predicted molar refractivity (Wildman–Crippen MR) is 60.5 cm³/mol. The van der Waals surface area contributed by atoms with E-state index in [0.717, 1.165) is 30.4 Å². The van der Waals surface area contributed by atoms with E-state index in [1.165, 1.54) is 0 Å². The fourth-order valence-electron chi connectivity index (χ4n) is 2.14. The molecule has 18 heavy (non-hydrogen) atoms. The molecule has 0 fully saturated rings. The minimum absolute atomic E-state index is 0.370. The van der Waals surface area contributed by atoms with E-state index in [-0.39, 0.29) is 6.61 Å². The Labute approximate surface area is 103 Å². The molecule has 2 nitrogen and oxygen atoms in total. The van der Waals surface area contributed by atoms with Crippen LogP contribution in [0, 0.1) is 0 Å². The number of hydrogen-bond donors (Lipinski definition) is 1. The van der Waals surface area contributed by atoms with Crippen LogP contribution >= 0.6 is 0 Å². The molecule has 0 saturated heterocycles. The minimum atomic E-state index is -4.19. The lowest BCUT2D eigenvalue weighted by Gasteiger charge is -2.21. The summed E-state index contributed by atoms with van der Waals surface area (Å²) in [7, 11) is 0. The van der Waals surface area contributed by atoms with Gasteiger partial charge in [-0.25, -0.2) is 0 Å². The first-order valence-electron chi connectivity index (χ1n) is 5.96. The monoisotopic (exact) mass is 260 g/mol. The number of alkyl halides is 3. The van der Waals surface area contributed by atoms with E-state index in [2.05, 4.69) is 0 Å². The number of halogens is 3. The Morgan fingerprint density at radius 1 is 1.33 bits per heavy atom. The molecular weight excluding hydrogens is 245 g/mol. The lowest BCUT2D eigenvalue weighted by molar-refractivity contribution is -0.139. The molecule has 0 heterocycles. The zero-order valence-corrected chi connectivity index (χ0v) is 9.83. The number of ether oxygens (including phenoxy) is 1. The van der Waals surface area contributed by atoms with Gasteiger partial charge in [0.25, 0.3) is 0 Å². The third-order valence-electron chi connectivity index (χ3n) is 3.05. The van der Waals surface area contributed by atoms with E-state index < -0.39 is 18.7 Å². The van der Waals surface area contributed by atoms with Crippen molar-refractivity contribution >= 4 is 0 Å². The van der Waals surface area contributed by atoms with Gasteiger partial charge >= 0.3 is 6.18 Å². The molecular formula is C13H15F3O2. The number of aliphatic hydroxyl groups excluding tert-OH is 1. The molecule has 1 unspecified atom stereocenters. The van der Waals surface area contributed by atoms with Crippen LogP contribution in [0.25, 0.3) is 0 Å². The maximum absolute atomic E-state index is 12.0. The van der Waals surface area contributed by atoms with E-state index in [0.29, 0.717) is 5.75 Å². The van der Waals surface area contributed by atoms with E-state index in [4.69, 9.17) is 4.74 Å². The summed E-state index contributed by atoms with van der Waals surface area (Å²) >= 11 is 0. The van der Waals surface area contributed by atoms with Gasteiger partial charge in [-0.1, -0.05) is 6.07 Å². The van der Waals surface area contributed by atoms with E-state index in [1.54, 1.807) is 18.2 Å². The van der Waals surface area contributed by atoms with Gasteiger partial charge in [-0.15, -0.1) is 0 Å². The molecule has 1 atom stereocenters. The average Bonchev–Trinajstić information content (AvgIpc) is 2.27. The number of hydrogen-bond acceptors (Lipinski definition) is 2. The van der Waals surface area contributed by atoms with Gasteiger partial charge in [-0.05, 0) is 42.5 Å². The average molecular weight is 260 g/mol. The second-order valence-electron chi connectivity index (χ2n) is 4.48. The van der Waals surface area contributed by atoms with Gasteiger partial charge in [0.1, 0.15) is 5.75 Å². The Morgan fingerprint density at radius 3 is 2.83 bits per heavy atom. The fraction of sp³-hybridized carbons (Fsp3) is 0.538. The normalized spacial score (nSPS) is 19.4. The molecule has 0 aromatic heterocycles. The SMILES string of the molecule is OC1CCCc2cc(OCCC(F)(F)F)ccc21. The van der Waals surface area contributed by atoms with Gasteiger partial charge in [0.15, 0.2) is 0 Å². The van der Waals surface area contributed by atoms with Gasteiger partial charge in [0.2, 0.25) is 0 Å². The van der Waals surface area contributed by atoms with E-state index in [9.17, 15) is 18.3 Å². The second-order valence-corrected chi connectivity index (χ2v) is 4.48. The van der Waals surface area contributed by atoms with Crippen LogP contribution in [0.4, 0.5) is 13.2 Å². The molecule has 2 rings (SSSR count). The predicted octanol–water partition coefficient (Wildman–Crippen LogP) is 3.39. The Bertz CT molecular complexity index is 415. The van der Waals surface area contributed by atoms with Gasteiger partial charge in [0, 0.05) is 0 Å². The van der Waals surface area contributed by atoms with Crippen molar-refractivity contribution in [1.29, 1.82) is 0 Å². The Hall–Kier alpha value is -1.23. The summed E-state index contributed by atoms with van der Waals surface area (Å²) in [5, 5.41) is 9.75. The quantitative estimate of drug-likeness (QED) is 0.902. The summed E-state index contributed by atoms with van der Waals surface area (Å²) in [5.74, 6) is 0.437. The standard InChI is InChI=1S/C13H15F3O2/c14-13(15,16)6-7-18-10-4-5-11-9(8-10)2-1-3-12(11)17/h4-5,8,12,17H,1-3,6-7H2. The summed E-state index contributed by atoms with van der Waals surface area (Å²) in [6.45, 7) is -0.370. The van der Waals surface area contributed by atoms with Crippen molar-refractivity contribution in [3.63, 3.8) is 0 Å². The highest BCUT2D eigenvalue weighted by Gasteiger charge is 2.27. The second kappa shape index (κ2) is 5.18. The molecule has 0 saturated carbocycles. The number of rotatable bonds is 3. The summed E-state index contributed by atoms with van der Waals surface area (Å²) < 4.78 is 41.0. The number of fused-ring (bicyclic) bond motifs is 1. The van der Waals surface area contributed by atoms with Crippen LogP contribution < -0.4 is 4.74 Å². The van der Waals surface area contributed by atoms with Crippen molar-refractivity contribution in [2.45, 2.75) is 38.0 Å². The van der Waals surface area contributed by atoms with E-state index in [1.807, 2.05) is 0 Å². The highest BCUT2D eigenvalue weighted by molar-refractivity contribution is 5.38. The Morgan fingerprint density at radius 2 is 2.11 bits per heavy atom. The van der Waals surface area contributed by atoms with Gasteiger partial charge < -0.3 is 9.84 Å². The zero-order chi connectivity index (χ0) is 13.2. The third kappa shape index (κ3) is 3.38. The summed E-state index contributed by atoms with van der Waals surface area (Å²) in [5.41, 5.74) is 1.84. The summed E-state index contributed by atoms with van der Waals surface area (Å²) in [6.07, 6.45) is -3.14. The molecule has 1 aromatic carbocycles. The lowest BCUT2D eigenvalue weighted by atomic mass is 9.89. The van der Waals surface area contributed by atoms with Crippen LogP contribution in [0.1, 0.15) is 36.5 Å². The minimum Gasteiger partial charge on any atom is -0.493 e. The van der Waals surface area contributed by atoms with Gasteiger partial charge in [0.05, 0.1) is 19.1 Å². The molecule has 0 bridgehead atoms. The van der Waals surface area contributed by atoms with Crippen molar-refractivity contribution in [3.8, 4) is 5.75 Å². The van der Waals surface area contributed by atoms with Crippen LogP contribution in [0.2, 0.25) is 0 Å². The molecule has 0 amide bonds. The first-order valence-corrected chi connectivity index (χ1v) is 5.96. The third-order valence-corrected chi connectivity index (χ3v) is 3.05. The Kier molecular flexibility index (Phi) is 3.80. The highest BCUT2D eigenvalue weighted by Crippen LogP contribution is 2.32. The molecule has 1 N–H and O–H groups in total. The molecule has 1 aromatic rings. The number of aryl methyl sites for hydroxylation is 1. The smallest absolute Gasteiger partial charge is 0.392 e. The van der Waals surface area contributed by atoms with Crippen LogP contribution in [0.3, 0.4) is 0 Å². The van der Waals surface area contributed by atoms with Crippen LogP contribution in [-0.4, -0.2) is 17.9 Å². The van der Waals surface area contributed by atoms with Crippen molar-refractivity contribution < 1.29 is 23.0 Å². The first-order chi connectivity index (χ1) is 8.46. The van der Waals surface area contributed by atoms with Crippen molar-refractivity contribution in [3.05, 3.63) is 29.3 Å². The van der Waals surface area contributed by atoms with Crippen LogP contribution in [-0.2, 0) is 6.42 Å². The summed E-state index contributed by atoms with van der Waals surface area (Å²) in [6, 6.07) is 5.08.